The van der Waals surface area contributed by atoms with Crippen LogP contribution in [0.5, 0.6) is 0 Å². The lowest BCUT2D eigenvalue weighted by Gasteiger charge is -2.02. The Balaban J connectivity index is 3.47. The Labute approximate surface area is 71.4 Å². The molecule has 70 valence electrons. The van der Waals surface area contributed by atoms with E-state index in [-0.39, 0.29) is 12.0 Å². The minimum absolute atomic E-state index is 0.0662. The number of rotatable bonds is 2. The third-order valence-corrected chi connectivity index (χ3v) is 1.52. The number of carbonyl (C=O) groups excluding carboxylic acids is 1. The van der Waals surface area contributed by atoms with Gasteiger partial charge in [0.2, 0.25) is 5.43 Å². The first-order valence-corrected chi connectivity index (χ1v) is 3.32. The van der Waals surface area contributed by atoms with Gasteiger partial charge in [-0.05, 0) is 0 Å². The molecule has 0 unspecified atom stereocenters. The number of alkyl halides is 2. The SMILES string of the molecule is Nc1c[nH]c(C(F)F)c(C=O)c1=O. The molecule has 0 amide bonds. The van der Waals surface area contributed by atoms with Crippen molar-refractivity contribution in [2.24, 2.45) is 0 Å². The zero-order valence-electron chi connectivity index (χ0n) is 6.38. The Morgan fingerprint density at radius 1 is 1.54 bits per heavy atom. The highest BCUT2D eigenvalue weighted by atomic mass is 19.3. The molecule has 13 heavy (non-hydrogen) atoms. The lowest BCUT2D eigenvalue weighted by Crippen LogP contribution is -2.17. The number of anilines is 1. The molecule has 1 rings (SSSR count). The highest BCUT2D eigenvalue weighted by Crippen LogP contribution is 2.17. The quantitative estimate of drug-likeness (QED) is 0.671. The number of hydrogen-bond donors (Lipinski definition) is 2. The number of nitrogen functional groups attached to an aromatic ring is 1. The van der Waals surface area contributed by atoms with Crippen molar-refractivity contribution in [1.82, 2.24) is 4.98 Å². The molecule has 0 saturated heterocycles. The second-order valence-corrected chi connectivity index (χ2v) is 2.32. The van der Waals surface area contributed by atoms with Crippen LogP contribution in [0, 0.1) is 0 Å². The molecular weight excluding hydrogens is 182 g/mol. The van der Waals surface area contributed by atoms with Crippen LogP contribution in [0.2, 0.25) is 0 Å². The molecule has 0 aliphatic heterocycles. The second-order valence-electron chi connectivity index (χ2n) is 2.32. The number of carbonyl (C=O) groups is 1. The van der Waals surface area contributed by atoms with Crippen molar-refractivity contribution in [3.8, 4) is 0 Å². The minimum Gasteiger partial charge on any atom is -0.394 e. The molecule has 0 aromatic carbocycles. The number of halogens is 2. The molecule has 0 aliphatic carbocycles. The molecule has 1 aromatic rings. The highest BCUT2D eigenvalue weighted by Gasteiger charge is 2.16. The number of H-pyrrole nitrogens is 1. The molecule has 3 N–H and O–H groups in total. The number of aromatic nitrogens is 1. The molecule has 1 heterocycles. The Hall–Kier alpha value is -1.72. The Morgan fingerprint density at radius 3 is 2.62 bits per heavy atom. The van der Waals surface area contributed by atoms with Gasteiger partial charge in [0, 0.05) is 6.20 Å². The second kappa shape index (κ2) is 3.34. The van der Waals surface area contributed by atoms with E-state index >= 15 is 0 Å². The van der Waals surface area contributed by atoms with E-state index in [1.807, 2.05) is 0 Å². The summed E-state index contributed by atoms with van der Waals surface area (Å²) in [7, 11) is 0. The molecule has 0 spiro atoms. The predicted octanol–water partition coefficient (Wildman–Crippen LogP) is 0.707. The number of nitrogens with one attached hydrogen (secondary N) is 1. The van der Waals surface area contributed by atoms with Crippen LogP contribution in [0.15, 0.2) is 11.0 Å². The van der Waals surface area contributed by atoms with Crippen LogP contribution in [0.3, 0.4) is 0 Å². The van der Waals surface area contributed by atoms with Crippen LogP contribution < -0.4 is 11.2 Å². The molecule has 0 fully saturated rings. The van der Waals surface area contributed by atoms with E-state index in [0.717, 1.165) is 6.20 Å². The van der Waals surface area contributed by atoms with E-state index in [0.29, 0.717) is 0 Å². The van der Waals surface area contributed by atoms with Gasteiger partial charge in [-0.1, -0.05) is 0 Å². The summed E-state index contributed by atoms with van der Waals surface area (Å²) in [4.78, 5) is 23.4. The van der Waals surface area contributed by atoms with Gasteiger partial charge < -0.3 is 10.7 Å². The standard InChI is InChI=1S/C7H6F2N2O2/c8-7(9)5-3(2-12)6(13)4(10)1-11-5/h1-2,7H,10H2,(H,11,13). The number of nitrogens with two attached hydrogens (primary N) is 1. The molecule has 0 bridgehead atoms. The van der Waals surface area contributed by atoms with Crippen LogP contribution in [-0.2, 0) is 0 Å². The normalized spacial score (nSPS) is 10.4. The lowest BCUT2D eigenvalue weighted by atomic mass is 10.2. The van der Waals surface area contributed by atoms with E-state index in [4.69, 9.17) is 5.73 Å². The van der Waals surface area contributed by atoms with Crippen molar-refractivity contribution in [2.45, 2.75) is 6.43 Å². The fraction of sp³-hybridized carbons (Fsp3) is 0.143. The Kier molecular flexibility index (Phi) is 2.41. The Bertz CT molecular complexity index is 387. The molecule has 0 atom stereocenters. The third-order valence-electron chi connectivity index (χ3n) is 1.52. The van der Waals surface area contributed by atoms with Gasteiger partial charge in [0.25, 0.3) is 6.43 Å². The fourth-order valence-electron chi connectivity index (χ4n) is 0.874. The smallest absolute Gasteiger partial charge is 0.279 e. The summed E-state index contributed by atoms with van der Waals surface area (Å²) in [5, 5.41) is 0. The van der Waals surface area contributed by atoms with Crippen LogP contribution in [0.4, 0.5) is 14.5 Å². The van der Waals surface area contributed by atoms with Crippen molar-refractivity contribution in [3.05, 3.63) is 27.7 Å². The maximum atomic E-state index is 12.2. The maximum Gasteiger partial charge on any atom is 0.279 e. The zero-order chi connectivity index (χ0) is 10.0. The minimum atomic E-state index is -2.89. The predicted molar refractivity (Wildman–Crippen MR) is 41.8 cm³/mol. The largest absolute Gasteiger partial charge is 0.394 e. The van der Waals surface area contributed by atoms with Crippen molar-refractivity contribution in [2.75, 3.05) is 5.73 Å². The van der Waals surface area contributed by atoms with Gasteiger partial charge in [-0.15, -0.1) is 0 Å². The third kappa shape index (κ3) is 1.56. The summed E-state index contributed by atoms with van der Waals surface area (Å²) in [6.45, 7) is 0. The number of hydrogen-bond acceptors (Lipinski definition) is 3. The highest BCUT2D eigenvalue weighted by molar-refractivity contribution is 5.78. The van der Waals surface area contributed by atoms with Gasteiger partial charge in [0.05, 0.1) is 16.9 Å². The summed E-state index contributed by atoms with van der Waals surface area (Å²) in [5.41, 5.74) is 2.67. The summed E-state index contributed by atoms with van der Waals surface area (Å²) >= 11 is 0. The molecule has 0 aliphatic rings. The van der Waals surface area contributed by atoms with Crippen LogP contribution in [0.25, 0.3) is 0 Å². The number of aromatic amines is 1. The average Bonchev–Trinajstić information content (AvgIpc) is 2.09. The maximum absolute atomic E-state index is 12.2. The molecule has 4 nitrogen and oxygen atoms in total. The van der Waals surface area contributed by atoms with E-state index in [1.54, 1.807) is 0 Å². The summed E-state index contributed by atoms with van der Waals surface area (Å²) in [6, 6.07) is 0. The molecular formula is C7H6F2N2O2. The summed E-state index contributed by atoms with van der Waals surface area (Å²) < 4.78 is 24.3. The monoisotopic (exact) mass is 188 g/mol. The van der Waals surface area contributed by atoms with Gasteiger partial charge in [0.1, 0.15) is 0 Å². The number of aldehydes is 1. The van der Waals surface area contributed by atoms with Crippen LogP contribution in [0.1, 0.15) is 22.5 Å². The van der Waals surface area contributed by atoms with E-state index in [9.17, 15) is 18.4 Å². The first-order chi connectivity index (χ1) is 6.07. The van der Waals surface area contributed by atoms with Gasteiger partial charge in [-0.3, -0.25) is 9.59 Å². The van der Waals surface area contributed by atoms with Crippen molar-refractivity contribution in [1.29, 1.82) is 0 Å². The lowest BCUT2D eigenvalue weighted by molar-refractivity contribution is 0.110. The van der Waals surface area contributed by atoms with Gasteiger partial charge in [-0.25, -0.2) is 8.78 Å². The number of pyridine rings is 1. The zero-order valence-corrected chi connectivity index (χ0v) is 6.38. The van der Waals surface area contributed by atoms with E-state index < -0.39 is 23.1 Å². The first-order valence-electron chi connectivity index (χ1n) is 3.32. The molecule has 0 radical (unpaired) electrons. The van der Waals surface area contributed by atoms with Gasteiger partial charge >= 0.3 is 0 Å². The Morgan fingerprint density at radius 2 is 2.15 bits per heavy atom. The average molecular weight is 188 g/mol. The van der Waals surface area contributed by atoms with Crippen molar-refractivity contribution >= 4 is 12.0 Å². The van der Waals surface area contributed by atoms with E-state index in [2.05, 4.69) is 4.98 Å². The molecule has 6 heteroatoms. The molecule has 0 saturated carbocycles. The van der Waals surface area contributed by atoms with Crippen LogP contribution in [-0.4, -0.2) is 11.3 Å². The van der Waals surface area contributed by atoms with Gasteiger partial charge in [-0.2, -0.15) is 0 Å². The van der Waals surface area contributed by atoms with Crippen LogP contribution >= 0.6 is 0 Å². The fourth-order valence-corrected chi connectivity index (χ4v) is 0.874. The van der Waals surface area contributed by atoms with Crippen molar-refractivity contribution in [3.63, 3.8) is 0 Å². The summed E-state index contributed by atoms with van der Waals surface area (Å²) in [6.07, 6.45) is -1.89. The summed E-state index contributed by atoms with van der Waals surface area (Å²) in [5.74, 6) is 0. The molecule has 1 aromatic heterocycles. The van der Waals surface area contributed by atoms with Gasteiger partial charge in [0.15, 0.2) is 6.29 Å². The van der Waals surface area contributed by atoms with E-state index in [1.165, 1.54) is 0 Å². The topological polar surface area (TPSA) is 76.0 Å². The van der Waals surface area contributed by atoms with Crippen molar-refractivity contribution < 1.29 is 13.6 Å². The first kappa shape index (κ1) is 9.37.